The van der Waals surface area contributed by atoms with E-state index in [1.165, 1.54) is 45.4 Å². The Kier molecular flexibility index (Phi) is 3.42. The van der Waals surface area contributed by atoms with Crippen molar-refractivity contribution in [3.8, 4) is 0 Å². The number of hydrogen-bond donors (Lipinski definition) is 1. The quantitative estimate of drug-likeness (QED) is 0.690. The second kappa shape index (κ2) is 4.60. The van der Waals surface area contributed by atoms with E-state index in [1.54, 1.807) is 0 Å². The van der Waals surface area contributed by atoms with Crippen molar-refractivity contribution in [3.63, 3.8) is 0 Å². The number of hydrogen-bond acceptors (Lipinski definition) is 3. The zero-order chi connectivity index (χ0) is 9.97. The maximum atomic E-state index is 3.47. The van der Waals surface area contributed by atoms with Crippen molar-refractivity contribution >= 4 is 0 Å². The van der Waals surface area contributed by atoms with Crippen LogP contribution in [0.15, 0.2) is 0 Å². The van der Waals surface area contributed by atoms with Crippen molar-refractivity contribution in [1.82, 2.24) is 15.1 Å². The van der Waals surface area contributed by atoms with Gasteiger partial charge in [0.1, 0.15) is 0 Å². The zero-order valence-corrected chi connectivity index (χ0v) is 9.50. The molecule has 2 aliphatic rings. The van der Waals surface area contributed by atoms with Crippen LogP contribution in [0, 0.1) is 0 Å². The Balaban J connectivity index is 1.88. The van der Waals surface area contributed by atoms with Crippen molar-refractivity contribution in [2.75, 3.05) is 40.3 Å². The summed E-state index contributed by atoms with van der Waals surface area (Å²) in [6, 6.07) is 1.56. The lowest BCUT2D eigenvalue weighted by Crippen LogP contribution is -2.53. The fraction of sp³-hybridized carbons (Fsp3) is 1.00. The monoisotopic (exact) mass is 197 g/mol. The molecule has 1 aliphatic heterocycles. The zero-order valence-electron chi connectivity index (χ0n) is 9.50. The average molecular weight is 197 g/mol. The van der Waals surface area contributed by atoms with E-state index in [1.807, 2.05) is 0 Å². The van der Waals surface area contributed by atoms with Gasteiger partial charge >= 0.3 is 0 Å². The van der Waals surface area contributed by atoms with Gasteiger partial charge in [0.25, 0.3) is 0 Å². The molecule has 0 aromatic rings. The summed E-state index contributed by atoms with van der Waals surface area (Å²) in [5, 5.41) is 3.47. The topological polar surface area (TPSA) is 18.5 Å². The lowest BCUT2D eigenvalue weighted by atomic mass is 10.1. The van der Waals surface area contributed by atoms with Gasteiger partial charge in [-0.15, -0.1) is 0 Å². The molecule has 0 aromatic heterocycles. The van der Waals surface area contributed by atoms with E-state index < -0.39 is 0 Å². The second-order valence-corrected chi connectivity index (χ2v) is 4.73. The summed E-state index contributed by atoms with van der Waals surface area (Å²) in [6.07, 6.45) is 4.17. The number of piperazine rings is 1. The molecule has 1 heterocycles. The molecule has 0 bridgehead atoms. The highest BCUT2D eigenvalue weighted by Crippen LogP contribution is 2.24. The predicted octanol–water partition coefficient (Wildman–Crippen LogP) is 0.374. The minimum Gasteiger partial charge on any atom is -0.315 e. The van der Waals surface area contributed by atoms with Gasteiger partial charge in [-0.05, 0) is 26.9 Å². The molecule has 3 nitrogen and oxygen atoms in total. The van der Waals surface area contributed by atoms with Crippen LogP contribution in [-0.2, 0) is 0 Å². The molecule has 82 valence electrons. The van der Waals surface area contributed by atoms with Crippen molar-refractivity contribution in [2.24, 2.45) is 0 Å². The fourth-order valence-electron chi connectivity index (χ4n) is 2.87. The van der Waals surface area contributed by atoms with Gasteiger partial charge in [-0.1, -0.05) is 6.42 Å². The van der Waals surface area contributed by atoms with Crippen LogP contribution in [0.25, 0.3) is 0 Å². The van der Waals surface area contributed by atoms with E-state index in [4.69, 9.17) is 0 Å². The van der Waals surface area contributed by atoms with Gasteiger partial charge in [-0.2, -0.15) is 0 Å². The normalized spacial score (nSPS) is 36.4. The molecular formula is C11H23N3. The van der Waals surface area contributed by atoms with Gasteiger partial charge in [-0.25, -0.2) is 0 Å². The van der Waals surface area contributed by atoms with E-state index in [9.17, 15) is 0 Å². The molecule has 1 aliphatic carbocycles. The van der Waals surface area contributed by atoms with Crippen molar-refractivity contribution in [1.29, 1.82) is 0 Å². The molecule has 0 aromatic carbocycles. The summed E-state index contributed by atoms with van der Waals surface area (Å²) in [5.74, 6) is 0. The van der Waals surface area contributed by atoms with Crippen LogP contribution >= 0.6 is 0 Å². The largest absolute Gasteiger partial charge is 0.315 e. The predicted molar refractivity (Wildman–Crippen MR) is 59.6 cm³/mol. The van der Waals surface area contributed by atoms with Crippen molar-refractivity contribution < 1.29 is 0 Å². The number of nitrogens with zero attached hydrogens (tertiary/aromatic N) is 2. The maximum absolute atomic E-state index is 3.47. The summed E-state index contributed by atoms with van der Waals surface area (Å²) in [5.41, 5.74) is 0. The summed E-state index contributed by atoms with van der Waals surface area (Å²) in [4.78, 5) is 5.12. The van der Waals surface area contributed by atoms with E-state index in [0.717, 1.165) is 12.1 Å². The van der Waals surface area contributed by atoms with Crippen LogP contribution in [0.2, 0.25) is 0 Å². The van der Waals surface area contributed by atoms with Gasteiger partial charge < -0.3 is 10.2 Å². The first-order chi connectivity index (χ1) is 6.81. The molecule has 0 spiro atoms. The molecule has 1 saturated carbocycles. The van der Waals surface area contributed by atoms with E-state index in [2.05, 4.69) is 29.2 Å². The highest BCUT2D eigenvalue weighted by Gasteiger charge is 2.31. The van der Waals surface area contributed by atoms with Gasteiger partial charge in [0.2, 0.25) is 0 Å². The van der Waals surface area contributed by atoms with Gasteiger partial charge in [0.05, 0.1) is 0 Å². The van der Waals surface area contributed by atoms with Gasteiger partial charge in [-0.3, -0.25) is 4.90 Å². The Morgan fingerprint density at radius 1 is 1.07 bits per heavy atom. The summed E-state index contributed by atoms with van der Waals surface area (Å²) >= 11 is 0. The molecule has 1 saturated heterocycles. The molecule has 2 rings (SSSR count). The van der Waals surface area contributed by atoms with Crippen LogP contribution in [0.4, 0.5) is 0 Å². The third kappa shape index (κ3) is 2.10. The smallest absolute Gasteiger partial charge is 0.0250 e. The maximum Gasteiger partial charge on any atom is 0.0250 e. The fourth-order valence-corrected chi connectivity index (χ4v) is 2.87. The van der Waals surface area contributed by atoms with Crippen LogP contribution in [0.5, 0.6) is 0 Å². The average Bonchev–Trinajstić information content (AvgIpc) is 2.67. The summed E-state index contributed by atoms with van der Waals surface area (Å²) < 4.78 is 0. The first-order valence-electron chi connectivity index (χ1n) is 5.91. The Labute approximate surface area is 87.4 Å². The van der Waals surface area contributed by atoms with Crippen molar-refractivity contribution in [3.05, 3.63) is 0 Å². The third-order valence-electron chi connectivity index (χ3n) is 3.86. The van der Waals surface area contributed by atoms with Crippen LogP contribution in [-0.4, -0.2) is 62.2 Å². The molecule has 0 amide bonds. The number of rotatable bonds is 2. The lowest BCUT2D eigenvalue weighted by molar-refractivity contribution is 0.102. The Bertz CT molecular complexity index is 175. The Hall–Kier alpha value is -0.120. The first-order valence-corrected chi connectivity index (χ1v) is 5.91. The molecule has 2 unspecified atom stereocenters. The highest BCUT2D eigenvalue weighted by atomic mass is 15.3. The number of nitrogens with one attached hydrogen (secondary N) is 1. The molecule has 2 fully saturated rings. The minimum absolute atomic E-state index is 0.749. The van der Waals surface area contributed by atoms with Crippen LogP contribution < -0.4 is 5.32 Å². The number of likely N-dealkylation sites (N-methyl/N-ethyl adjacent to an activating group) is 2. The SMILES string of the molecule is CNC1CCCC1N1CCN(C)CC1. The van der Waals surface area contributed by atoms with Crippen LogP contribution in [0.3, 0.4) is 0 Å². The lowest BCUT2D eigenvalue weighted by Gasteiger charge is -2.38. The first kappa shape index (κ1) is 10.4. The molecule has 3 heteroatoms. The third-order valence-corrected chi connectivity index (χ3v) is 3.86. The van der Waals surface area contributed by atoms with E-state index in [-0.39, 0.29) is 0 Å². The molecule has 1 N–H and O–H groups in total. The van der Waals surface area contributed by atoms with E-state index >= 15 is 0 Å². The van der Waals surface area contributed by atoms with Gasteiger partial charge in [0.15, 0.2) is 0 Å². The molecule has 14 heavy (non-hydrogen) atoms. The Morgan fingerprint density at radius 3 is 2.43 bits per heavy atom. The van der Waals surface area contributed by atoms with Crippen molar-refractivity contribution in [2.45, 2.75) is 31.3 Å². The van der Waals surface area contributed by atoms with Gasteiger partial charge in [0, 0.05) is 38.3 Å². The molecular weight excluding hydrogens is 174 g/mol. The highest BCUT2D eigenvalue weighted by molar-refractivity contribution is 4.91. The second-order valence-electron chi connectivity index (χ2n) is 4.73. The summed E-state index contributed by atoms with van der Waals surface area (Å²) in [7, 11) is 4.33. The molecule has 2 atom stereocenters. The minimum atomic E-state index is 0.749. The summed E-state index contributed by atoms with van der Waals surface area (Å²) in [6.45, 7) is 5.01. The van der Waals surface area contributed by atoms with E-state index in [0.29, 0.717) is 0 Å². The standard InChI is InChI=1S/C11H23N3/c1-12-10-4-3-5-11(10)14-8-6-13(2)7-9-14/h10-12H,3-9H2,1-2H3. The van der Waals surface area contributed by atoms with Crippen LogP contribution in [0.1, 0.15) is 19.3 Å². The molecule has 0 radical (unpaired) electrons. The Morgan fingerprint density at radius 2 is 1.79 bits per heavy atom.